The van der Waals surface area contributed by atoms with Gasteiger partial charge in [0.1, 0.15) is 5.82 Å². The van der Waals surface area contributed by atoms with Crippen molar-refractivity contribution < 1.29 is 14.0 Å². The van der Waals surface area contributed by atoms with Crippen molar-refractivity contribution in [1.29, 1.82) is 0 Å². The molecule has 0 aliphatic carbocycles. The van der Waals surface area contributed by atoms with Crippen molar-refractivity contribution in [1.82, 2.24) is 15.1 Å². The smallest absolute Gasteiger partial charge is 0.317 e. The van der Waals surface area contributed by atoms with Crippen LogP contribution in [-0.4, -0.2) is 54.5 Å². The number of nitrogens with zero attached hydrogens (tertiary/aromatic N) is 2. The van der Waals surface area contributed by atoms with Gasteiger partial charge in [0.05, 0.1) is 5.56 Å². The predicted molar refractivity (Wildman–Crippen MR) is 80.6 cm³/mol. The predicted octanol–water partition coefficient (Wildman–Crippen LogP) is 2.08. The van der Waals surface area contributed by atoms with Gasteiger partial charge in [-0.25, -0.2) is 9.18 Å². The first-order valence-electron chi connectivity index (χ1n) is 6.80. The Morgan fingerprint density at radius 3 is 2.43 bits per heavy atom. The lowest BCUT2D eigenvalue weighted by Gasteiger charge is -2.34. The molecule has 2 rings (SSSR count). The van der Waals surface area contributed by atoms with E-state index in [9.17, 15) is 14.0 Å². The van der Waals surface area contributed by atoms with Gasteiger partial charge in [0, 0.05) is 37.2 Å². The summed E-state index contributed by atoms with van der Waals surface area (Å²) in [6.07, 6.45) is 0. The van der Waals surface area contributed by atoms with Crippen LogP contribution in [0.1, 0.15) is 17.3 Å². The average Bonchev–Trinajstić information content (AvgIpc) is 2.47. The first kappa shape index (κ1) is 15.8. The maximum absolute atomic E-state index is 13.8. The molecule has 1 aromatic rings. The number of nitrogens with one attached hydrogen (secondary N) is 1. The third-order valence-corrected chi connectivity index (χ3v) is 4.02. The molecule has 114 valence electrons. The van der Waals surface area contributed by atoms with Crippen molar-refractivity contribution in [3.8, 4) is 0 Å². The summed E-state index contributed by atoms with van der Waals surface area (Å²) >= 11 is 3.21. The van der Waals surface area contributed by atoms with Crippen molar-refractivity contribution in [3.05, 3.63) is 34.1 Å². The highest BCUT2D eigenvalue weighted by Crippen LogP contribution is 2.22. The minimum atomic E-state index is -0.541. The Morgan fingerprint density at radius 1 is 1.24 bits per heavy atom. The molecule has 1 aromatic carbocycles. The summed E-state index contributed by atoms with van der Waals surface area (Å²) in [6.45, 7) is 4.12. The lowest BCUT2D eigenvalue weighted by Crippen LogP contribution is -2.53. The van der Waals surface area contributed by atoms with E-state index in [1.54, 1.807) is 21.9 Å². The summed E-state index contributed by atoms with van der Waals surface area (Å²) in [6, 6.07) is 4.32. The molecule has 0 saturated carbocycles. The molecule has 0 bridgehead atoms. The van der Waals surface area contributed by atoms with E-state index in [0.29, 0.717) is 37.2 Å². The number of hydrogen-bond acceptors (Lipinski definition) is 2. The fraction of sp³-hybridized carbons (Fsp3) is 0.429. The van der Waals surface area contributed by atoms with Crippen LogP contribution in [0.5, 0.6) is 0 Å². The number of halogens is 2. The lowest BCUT2D eigenvalue weighted by molar-refractivity contribution is 0.0659. The molecule has 0 unspecified atom stereocenters. The third kappa shape index (κ3) is 3.53. The maximum atomic E-state index is 13.8. The molecular weight excluding hydrogens is 341 g/mol. The van der Waals surface area contributed by atoms with Crippen molar-refractivity contribution in [2.24, 2.45) is 0 Å². The van der Waals surface area contributed by atoms with Crippen LogP contribution in [0.4, 0.5) is 9.18 Å². The standard InChI is InChI=1S/C14H17BrFN3O2/c1-2-17-14(21)19-8-6-18(7-9-19)13(20)12-10(15)4-3-5-11(12)16/h3-5H,2,6-9H2,1H3,(H,17,21). The molecule has 0 spiro atoms. The third-order valence-electron chi connectivity index (χ3n) is 3.36. The average molecular weight is 358 g/mol. The molecule has 1 fully saturated rings. The topological polar surface area (TPSA) is 52.7 Å². The van der Waals surface area contributed by atoms with E-state index >= 15 is 0 Å². The molecular formula is C14H17BrFN3O2. The summed E-state index contributed by atoms with van der Waals surface area (Å²) in [5, 5.41) is 2.73. The van der Waals surface area contributed by atoms with Gasteiger partial charge < -0.3 is 15.1 Å². The fourth-order valence-corrected chi connectivity index (χ4v) is 2.75. The number of urea groups is 1. The number of carbonyl (C=O) groups is 2. The van der Waals surface area contributed by atoms with Crippen LogP contribution in [0.2, 0.25) is 0 Å². The zero-order valence-electron chi connectivity index (χ0n) is 11.7. The van der Waals surface area contributed by atoms with Gasteiger partial charge in [-0.15, -0.1) is 0 Å². The Balaban J connectivity index is 2.02. The second kappa shape index (κ2) is 6.89. The number of carbonyl (C=O) groups excluding carboxylic acids is 2. The van der Waals surface area contributed by atoms with Crippen LogP contribution in [-0.2, 0) is 0 Å². The molecule has 0 radical (unpaired) electrons. The van der Waals surface area contributed by atoms with Gasteiger partial charge in [0.15, 0.2) is 0 Å². The van der Waals surface area contributed by atoms with E-state index in [0.717, 1.165) is 0 Å². The zero-order valence-corrected chi connectivity index (χ0v) is 13.3. The van der Waals surface area contributed by atoms with Crippen LogP contribution in [0.3, 0.4) is 0 Å². The molecule has 1 heterocycles. The number of rotatable bonds is 2. The minimum absolute atomic E-state index is 0.0453. The maximum Gasteiger partial charge on any atom is 0.317 e. The molecule has 1 aliphatic rings. The highest BCUT2D eigenvalue weighted by Gasteiger charge is 2.27. The highest BCUT2D eigenvalue weighted by atomic mass is 79.9. The Morgan fingerprint density at radius 2 is 1.86 bits per heavy atom. The number of amides is 3. The van der Waals surface area contributed by atoms with E-state index in [1.165, 1.54) is 6.07 Å². The Hall–Kier alpha value is -1.63. The Labute approximate surface area is 131 Å². The van der Waals surface area contributed by atoms with Crippen molar-refractivity contribution in [2.75, 3.05) is 32.7 Å². The molecule has 3 amide bonds. The van der Waals surface area contributed by atoms with E-state index in [4.69, 9.17) is 0 Å². The summed E-state index contributed by atoms with van der Waals surface area (Å²) in [4.78, 5) is 27.3. The Kier molecular flexibility index (Phi) is 5.17. The number of hydrogen-bond donors (Lipinski definition) is 1. The van der Waals surface area contributed by atoms with Gasteiger partial charge in [-0.05, 0) is 35.0 Å². The van der Waals surface area contributed by atoms with Crippen molar-refractivity contribution in [2.45, 2.75) is 6.92 Å². The first-order valence-corrected chi connectivity index (χ1v) is 7.60. The Bertz CT molecular complexity index is 525. The zero-order chi connectivity index (χ0) is 15.4. The van der Waals surface area contributed by atoms with E-state index in [-0.39, 0.29) is 17.5 Å². The molecule has 7 heteroatoms. The molecule has 0 atom stereocenters. The molecule has 0 aromatic heterocycles. The van der Waals surface area contributed by atoms with Gasteiger partial charge in [0.2, 0.25) is 0 Å². The van der Waals surface area contributed by atoms with Crippen LogP contribution in [0.25, 0.3) is 0 Å². The molecule has 1 saturated heterocycles. The monoisotopic (exact) mass is 357 g/mol. The molecule has 5 nitrogen and oxygen atoms in total. The van der Waals surface area contributed by atoms with Gasteiger partial charge >= 0.3 is 6.03 Å². The van der Waals surface area contributed by atoms with Crippen LogP contribution >= 0.6 is 15.9 Å². The van der Waals surface area contributed by atoms with Crippen molar-refractivity contribution >= 4 is 27.9 Å². The summed E-state index contributed by atoms with van der Waals surface area (Å²) in [7, 11) is 0. The van der Waals surface area contributed by atoms with Gasteiger partial charge in [-0.1, -0.05) is 6.07 Å². The second-order valence-corrected chi connectivity index (χ2v) is 5.57. The fourth-order valence-electron chi connectivity index (χ4n) is 2.24. The van der Waals surface area contributed by atoms with E-state index in [2.05, 4.69) is 21.2 Å². The van der Waals surface area contributed by atoms with Gasteiger partial charge in [-0.2, -0.15) is 0 Å². The highest BCUT2D eigenvalue weighted by molar-refractivity contribution is 9.10. The van der Waals surface area contributed by atoms with Crippen LogP contribution in [0.15, 0.2) is 22.7 Å². The van der Waals surface area contributed by atoms with E-state index < -0.39 is 5.82 Å². The number of piperazine rings is 1. The minimum Gasteiger partial charge on any atom is -0.338 e. The second-order valence-electron chi connectivity index (χ2n) is 4.71. The lowest BCUT2D eigenvalue weighted by atomic mass is 10.1. The van der Waals surface area contributed by atoms with Gasteiger partial charge in [0.25, 0.3) is 5.91 Å². The first-order chi connectivity index (χ1) is 10.0. The summed E-state index contributed by atoms with van der Waals surface area (Å²) < 4.78 is 14.3. The molecule has 1 N–H and O–H groups in total. The quantitative estimate of drug-likeness (QED) is 0.880. The largest absolute Gasteiger partial charge is 0.338 e. The van der Waals surface area contributed by atoms with E-state index in [1.807, 2.05) is 6.92 Å². The van der Waals surface area contributed by atoms with Gasteiger partial charge in [-0.3, -0.25) is 4.79 Å². The van der Waals surface area contributed by atoms with Crippen LogP contribution < -0.4 is 5.32 Å². The normalized spacial score (nSPS) is 15.0. The number of benzene rings is 1. The summed E-state index contributed by atoms with van der Waals surface area (Å²) in [5.74, 6) is -0.893. The molecule has 1 aliphatic heterocycles. The molecule has 21 heavy (non-hydrogen) atoms. The van der Waals surface area contributed by atoms with Crippen LogP contribution in [0, 0.1) is 5.82 Å². The van der Waals surface area contributed by atoms with Crippen molar-refractivity contribution in [3.63, 3.8) is 0 Å². The SMILES string of the molecule is CCNC(=O)N1CCN(C(=O)c2c(F)cccc2Br)CC1. The summed E-state index contributed by atoms with van der Waals surface area (Å²) in [5.41, 5.74) is 0.0453.